The number of halogens is 1. The molecular weight excluding hydrogens is 484 g/mol. The minimum Gasteiger partial charge on any atom is -0.465 e. The number of methoxy groups -OCH3 is 1. The summed E-state index contributed by atoms with van der Waals surface area (Å²) in [6.07, 6.45) is 3.57. The summed E-state index contributed by atoms with van der Waals surface area (Å²) in [7, 11) is 1.37. The Morgan fingerprint density at radius 2 is 1.77 bits per heavy atom. The van der Waals surface area contributed by atoms with Crippen LogP contribution in [0.5, 0.6) is 0 Å². The highest BCUT2D eigenvalue weighted by Gasteiger charge is 2.17. The Bertz CT molecular complexity index is 1380. The number of ether oxygens (including phenoxy) is 1. The van der Waals surface area contributed by atoms with Crippen molar-refractivity contribution in [1.82, 2.24) is 19.6 Å². The van der Waals surface area contributed by atoms with Crippen molar-refractivity contribution in [2.24, 2.45) is 0 Å². The number of hydrogen-bond donors (Lipinski definition) is 2. The maximum Gasteiger partial charge on any atom is 0.338 e. The average molecular weight is 509 g/mol. The normalized spacial score (nSPS) is 10.7. The molecule has 8 nitrogen and oxygen atoms in total. The molecule has 0 bridgehead atoms. The number of anilines is 2. The lowest BCUT2D eigenvalue weighted by molar-refractivity contribution is 0.0599. The molecule has 10 heteroatoms. The Kier molecular flexibility index (Phi) is 7.48. The molecule has 0 atom stereocenters. The van der Waals surface area contributed by atoms with E-state index in [0.29, 0.717) is 28.8 Å². The Balaban J connectivity index is 1.43. The van der Waals surface area contributed by atoms with E-state index in [1.807, 2.05) is 67.2 Å². The number of thiocarbonyl (C=S) groups is 1. The van der Waals surface area contributed by atoms with Gasteiger partial charge in [-0.05, 0) is 49.3 Å². The number of benzene rings is 2. The molecule has 4 rings (SSSR count). The number of esters is 1. The van der Waals surface area contributed by atoms with Gasteiger partial charge in [-0.2, -0.15) is 10.2 Å². The second-order valence-corrected chi connectivity index (χ2v) is 8.76. The number of rotatable bonds is 7. The highest BCUT2D eigenvalue weighted by Crippen LogP contribution is 2.22. The number of hydrogen-bond acceptors (Lipinski definition) is 5. The van der Waals surface area contributed by atoms with E-state index in [1.165, 1.54) is 7.11 Å². The van der Waals surface area contributed by atoms with Gasteiger partial charge in [0.25, 0.3) is 0 Å². The van der Waals surface area contributed by atoms with Crippen molar-refractivity contribution in [3.05, 3.63) is 94.0 Å². The molecule has 4 aromatic rings. The van der Waals surface area contributed by atoms with Crippen molar-refractivity contribution in [2.75, 3.05) is 17.7 Å². The standard InChI is InChI=1S/C25H25ClN6O2S/c1-16-23(17(2)32(30-16)14-18-8-4-6-10-21(18)24(33)34-3)29-25(35)28-20-12-27-31(15-20)13-19-9-5-7-11-22(19)26/h4-12,15H,13-14H2,1-3H3,(H2,28,29,35). The summed E-state index contributed by atoms with van der Waals surface area (Å²) in [4.78, 5) is 12.1. The number of nitrogens with one attached hydrogen (secondary N) is 2. The number of carbonyl (C=O) groups excluding carboxylic acids is 1. The quantitative estimate of drug-likeness (QED) is 0.267. The van der Waals surface area contributed by atoms with Crippen LogP contribution >= 0.6 is 23.8 Å². The Labute approximate surface area is 213 Å². The van der Waals surface area contributed by atoms with E-state index in [9.17, 15) is 4.79 Å². The van der Waals surface area contributed by atoms with Crippen molar-refractivity contribution in [3.8, 4) is 0 Å². The second kappa shape index (κ2) is 10.7. The van der Waals surface area contributed by atoms with Crippen molar-refractivity contribution < 1.29 is 9.53 Å². The van der Waals surface area contributed by atoms with Crippen LogP contribution in [0.2, 0.25) is 5.02 Å². The fourth-order valence-corrected chi connectivity index (χ4v) is 4.17. The third-order valence-electron chi connectivity index (χ3n) is 5.54. The molecule has 0 aliphatic rings. The van der Waals surface area contributed by atoms with Gasteiger partial charge in [-0.3, -0.25) is 9.36 Å². The zero-order valence-electron chi connectivity index (χ0n) is 19.6. The zero-order chi connectivity index (χ0) is 24.9. The first-order valence-corrected chi connectivity index (χ1v) is 11.7. The van der Waals surface area contributed by atoms with E-state index in [0.717, 1.165) is 33.9 Å². The van der Waals surface area contributed by atoms with E-state index >= 15 is 0 Å². The van der Waals surface area contributed by atoms with E-state index in [-0.39, 0.29) is 5.97 Å². The summed E-state index contributed by atoms with van der Waals surface area (Å²) in [6.45, 7) is 4.84. The van der Waals surface area contributed by atoms with Crippen molar-refractivity contribution >= 4 is 46.3 Å². The predicted octanol–water partition coefficient (Wildman–Crippen LogP) is 5.04. The molecule has 0 saturated carbocycles. The fraction of sp³-hybridized carbons (Fsp3) is 0.200. The number of carbonyl (C=O) groups is 1. The van der Waals surface area contributed by atoms with Gasteiger partial charge in [0, 0.05) is 11.2 Å². The van der Waals surface area contributed by atoms with Crippen LogP contribution in [-0.4, -0.2) is 37.8 Å². The number of aryl methyl sites for hydroxylation is 1. The molecule has 0 aliphatic carbocycles. The minimum atomic E-state index is -0.374. The summed E-state index contributed by atoms with van der Waals surface area (Å²) >= 11 is 11.8. The van der Waals surface area contributed by atoms with Gasteiger partial charge in [-0.1, -0.05) is 48.0 Å². The minimum absolute atomic E-state index is 0.374. The highest BCUT2D eigenvalue weighted by atomic mass is 35.5. The van der Waals surface area contributed by atoms with Gasteiger partial charge in [0.2, 0.25) is 0 Å². The van der Waals surface area contributed by atoms with Crippen molar-refractivity contribution in [3.63, 3.8) is 0 Å². The molecule has 0 radical (unpaired) electrons. The average Bonchev–Trinajstić information content (AvgIpc) is 3.39. The van der Waals surface area contributed by atoms with Gasteiger partial charge in [-0.25, -0.2) is 4.79 Å². The molecule has 0 amide bonds. The number of aromatic nitrogens is 4. The van der Waals surface area contributed by atoms with Gasteiger partial charge in [-0.15, -0.1) is 0 Å². The van der Waals surface area contributed by atoms with Crippen LogP contribution in [0.15, 0.2) is 60.9 Å². The smallest absolute Gasteiger partial charge is 0.338 e. The zero-order valence-corrected chi connectivity index (χ0v) is 21.2. The Hall–Kier alpha value is -3.69. The molecular formula is C25H25ClN6O2S. The molecule has 0 fully saturated rings. The third kappa shape index (κ3) is 5.70. The van der Waals surface area contributed by atoms with Crippen LogP contribution in [0.25, 0.3) is 0 Å². The van der Waals surface area contributed by atoms with Gasteiger partial charge in [0.05, 0.1) is 54.7 Å². The summed E-state index contributed by atoms with van der Waals surface area (Å²) in [6, 6.07) is 15.0. The summed E-state index contributed by atoms with van der Waals surface area (Å²) < 4.78 is 8.53. The first-order chi connectivity index (χ1) is 16.9. The lowest BCUT2D eigenvalue weighted by Crippen LogP contribution is -2.19. The SMILES string of the molecule is COC(=O)c1ccccc1Cn1nc(C)c(NC(=S)Nc2cnn(Cc3ccccc3Cl)c2)c1C. The first-order valence-electron chi connectivity index (χ1n) is 10.9. The molecule has 0 aliphatic heterocycles. The van der Waals surface area contributed by atoms with E-state index in [2.05, 4.69) is 20.8 Å². The van der Waals surface area contributed by atoms with Crippen LogP contribution in [0.1, 0.15) is 32.9 Å². The van der Waals surface area contributed by atoms with Crippen molar-refractivity contribution in [2.45, 2.75) is 26.9 Å². The summed E-state index contributed by atoms with van der Waals surface area (Å²) in [5, 5.41) is 16.5. The highest BCUT2D eigenvalue weighted by molar-refractivity contribution is 7.80. The first kappa shape index (κ1) is 24.4. The van der Waals surface area contributed by atoms with Crippen molar-refractivity contribution in [1.29, 1.82) is 0 Å². The molecule has 0 saturated heterocycles. The fourth-order valence-electron chi connectivity index (χ4n) is 3.75. The molecule has 0 spiro atoms. The summed E-state index contributed by atoms with van der Waals surface area (Å²) in [5.41, 5.74) is 5.56. The molecule has 35 heavy (non-hydrogen) atoms. The number of nitrogens with zero attached hydrogens (tertiary/aromatic N) is 4. The molecule has 2 heterocycles. The largest absolute Gasteiger partial charge is 0.465 e. The van der Waals surface area contributed by atoms with Crippen LogP contribution in [0, 0.1) is 13.8 Å². The summed E-state index contributed by atoms with van der Waals surface area (Å²) in [5.74, 6) is -0.374. The maximum absolute atomic E-state index is 12.1. The van der Waals surface area contributed by atoms with Crippen LogP contribution < -0.4 is 10.6 Å². The van der Waals surface area contributed by atoms with Gasteiger partial charge >= 0.3 is 5.97 Å². The van der Waals surface area contributed by atoms with Crippen LogP contribution in [-0.2, 0) is 17.8 Å². The molecule has 2 aromatic heterocycles. The Morgan fingerprint density at radius 3 is 2.51 bits per heavy atom. The van der Waals surface area contributed by atoms with Crippen LogP contribution in [0.3, 0.4) is 0 Å². The van der Waals surface area contributed by atoms with Gasteiger partial charge in [0.15, 0.2) is 5.11 Å². The Morgan fingerprint density at radius 1 is 1.06 bits per heavy atom. The third-order valence-corrected chi connectivity index (χ3v) is 6.12. The van der Waals surface area contributed by atoms with E-state index in [1.54, 1.807) is 16.9 Å². The van der Waals surface area contributed by atoms with Gasteiger partial charge < -0.3 is 15.4 Å². The van der Waals surface area contributed by atoms with E-state index < -0.39 is 0 Å². The maximum atomic E-state index is 12.1. The molecule has 0 unspecified atom stereocenters. The molecule has 2 aromatic carbocycles. The lowest BCUT2D eigenvalue weighted by atomic mass is 10.1. The lowest BCUT2D eigenvalue weighted by Gasteiger charge is -2.11. The molecule has 2 N–H and O–H groups in total. The monoisotopic (exact) mass is 508 g/mol. The van der Waals surface area contributed by atoms with E-state index in [4.69, 9.17) is 28.6 Å². The van der Waals surface area contributed by atoms with Gasteiger partial charge in [0.1, 0.15) is 0 Å². The molecule has 180 valence electrons. The topological polar surface area (TPSA) is 86.0 Å². The predicted molar refractivity (Wildman–Crippen MR) is 141 cm³/mol. The second-order valence-electron chi connectivity index (χ2n) is 7.95. The van der Waals surface area contributed by atoms with Crippen LogP contribution in [0.4, 0.5) is 11.4 Å².